The minimum Gasteiger partial charge on any atom is -0.440 e. The number of fused-ring (bicyclic) bond motifs is 1. The van der Waals surface area contributed by atoms with Gasteiger partial charge in [-0.2, -0.15) is 5.26 Å². The molecule has 0 amide bonds. The molecular formula is C27H23N3O5. The van der Waals surface area contributed by atoms with Crippen molar-refractivity contribution in [2.75, 3.05) is 0 Å². The Bertz CT molecular complexity index is 1380. The summed E-state index contributed by atoms with van der Waals surface area (Å²) in [4.78, 5) is 23.2. The van der Waals surface area contributed by atoms with Gasteiger partial charge in [-0.3, -0.25) is 10.1 Å². The number of rotatable bonds is 4. The minimum absolute atomic E-state index is 0.0335. The lowest BCUT2D eigenvalue weighted by Crippen LogP contribution is -2.21. The fourth-order valence-electron chi connectivity index (χ4n) is 3.90. The van der Waals surface area contributed by atoms with E-state index in [1.165, 1.54) is 18.2 Å². The largest absolute Gasteiger partial charge is 0.440 e. The highest BCUT2D eigenvalue weighted by Crippen LogP contribution is 2.43. The molecule has 1 aliphatic rings. The minimum atomic E-state index is -0.584. The number of nitrogens with two attached hydrogens (primary N) is 1. The number of carbonyl (C=O) groups excluding carboxylic acids is 1. The summed E-state index contributed by atoms with van der Waals surface area (Å²) < 4.78 is 11.2. The number of allylic oxidation sites excluding steroid dienone is 1. The van der Waals surface area contributed by atoms with E-state index in [1.54, 1.807) is 36.4 Å². The van der Waals surface area contributed by atoms with Crippen LogP contribution in [0.4, 0.5) is 5.69 Å². The summed E-state index contributed by atoms with van der Waals surface area (Å²) in [6, 6.07) is 20.1. The topological polar surface area (TPSA) is 128 Å². The summed E-state index contributed by atoms with van der Waals surface area (Å²) in [5, 5.41) is 20.7. The van der Waals surface area contributed by atoms with Crippen molar-refractivity contribution in [2.24, 2.45) is 5.73 Å². The smallest absolute Gasteiger partial charge is 0.343 e. The summed E-state index contributed by atoms with van der Waals surface area (Å²) >= 11 is 0. The van der Waals surface area contributed by atoms with Crippen molar-refractivity contribution in [1.82, 2.24) is 0 Å². The lowest BCUT2D eigenvalue weighted by atomic mass is 9.83. The van der Waals surface area contributed by atoms with E-state index in [-0.39, 0.29) is 28.3 Å². The lowest BCUT2D eigenvalue weighted by Gasteiger charge is -2.26. The summed E-state index contributed by atoms with van der Waals surface area (Å²) in [7, 11) is 0. The number of nitriles is 1. The molecule has 1 heterocycles. The first-order valence-corrected chi connectivity index (χ1v) is 10.9. The second-order valence-electron chi connectivity index (χ2n) is 9.19. The number of esters is 1. The van der Waals surface area contributed by atoms with E-state index >= 15 is 0 Å². The van der Waals surface area contributed by atoms with Crippen molar-refractivity contribution in [3.63, 3.8) is 0 Å². The molecule has 2 N–H and O–H groups in total. The number of nitrogens with zero attached hydrogens (tertiary/aromatic N) is 2. The van der Waals surface area contributed by atoms with Gasteiger partial charge in [0.05, 0.1) is 16.4 Å². The molecule has 4 rings (SSSR count). The third-order valence-electron chi connectivity index (χ3n) is 5.82. The van der Waals surface area contributed by atoms with Gasteiger partial charge in [0.1, 0.15) is 23.1 Å². The van der Waals surface area contributed by atoms with Crippen LogP contribution in [0.1, 0.15) is 53.7 Å². The van der Waals surface area contributed by atoms with Gasteiger partial charge in [-0.25, -0.2) is 4.79 Å². The molecule has 0 bridgehead atoms. The average molecular weight is 469 g/mol. The van der Waals surface area contributed by atoms with E-state index in [9.17, 15) is 20.2 Å². The van der Waals surface area contributed by atoms with Crippen molar-refractivity contribution < 1.29 is 19.2 Å². The quantitative estimate of drug-likeness (QED) is 0.237. The van der Waals surface area contributed by atoms with Crippen molar-refractivity contribution >= 4 is 11.7 Å². The van der Waals surface area contributed by atoms with Gasteiger partial charge in [-0.05, 0) is 34.7 Å². The number of non-ortho nitro benzene ring substituents is 1. The van der Waals surface area contributed by atoms with E-state index in [1.807, 2.05) is 12.1 Å². The number of carbonyl (C=O) groups is 1. The molecule has 8 nitrogen and oxygen atoms in total. The first-order valence-electron chi connectivity index (χ1n) is 10.9. The molecule has 8 heteroatoms. The van der Waals surface area contributed by atoms with E-state index in [2.05, 4.69) is 26.8 Å². The van der Waals surface area contributed by atoms with Crippen LogP contribution in [0.2, 0.25) is 0 Å². The number of ether oxygens (including phenoxy) is 2. The number of hydrogen-bond donors (Lipinski definition) is 1. The Morgan fingerprint density at radius 2 is 1.74 bits per heavy atom. The molecule has 3 aromatic rings. The molecular weight excluding hydrogens is 446 g/mol. The second-order valence-corrected chi connectivity index (χ2v) is 9.19. The monoisotopic (exact) mass is 469 g/mol. The van der Waals surface area contributed by atoms with Gasteiger partial charge in [0.2, 0.25) is 5.88 Å². The van der Waals surface area contributed by atoms with Crippen molar-refractivity contribution in [3.05, 3.63) is 111 Å². The van der Waals surface area contributed by atoms with E-state index in [4.69, 9.17) is 15.2 Å². The number of nitro benzene ring substituents is 1. The van der Waals surface area contributed by atoms with Crippen LogP contribution in [0.3, 0.4) is 0 Å². The summed E-state index contributed by atoms with van der Waals surface area (Å²) in [6.07, 6.45) is 0. The Hall–Kier alpha value is -4.64. The lowest BCUT2D eigenvalue weighted by molar-refractivity contribution is -0.384. The van der Waals surface area contributed by atoms with Gasteiger partial charge in [0.25, 0.3) is 5.69 Å². The molecule has 3 aromatic carbocycles. The van der Waals surface area contributed by atoms with Crippen molar-refractivity contribution in [3.8, 4) is 17.6 Å². The zero-order valence-corrected chi connectivity index (χ0v) is 19.4. The fraction of sp³-hybridized carbons (Fsp3) is 0.185. The first-order chi connectivity index (χ1) is 16.6. The van der Waals surface area contributed by atoms with Crippen LogP contribution in [-0.4, -0.2) is 10.9 Å². The Kier molecular flexibility index (Phi) is 6.01. The van der Waals surface area contributed by atoms with Gasteiger partial charge in [0.15, 0.2) is 0 Å². The predicted octanol–water partition coefficient (Wildman–Crippen LogP) is 5.33. The summed E-state index contributed by atoms with van der Waals surface area (Å²) in [5.41, 5.74) is 8.89. The predicted molar refractivity (Wildman–Crippen MR) is 129 cm³/mol. The molecule has 0 fully saturated rings. The first kappa shape index (κ1) is 23.5. The number of hydrogen-bond acceptors (Lipinski definition) is 7. The molecule has 1 aliphatic heterocycles. The third kappa shape index (κ3) is 4.70. The van der Waals surface area contributed by atoms with Crippen LogP contribution in [0.25, 0.3) is 0 Å². The highest BCUT2D eigenvalue weighted by Gasteiger charge is 2.31. The third-order valence-corrected chi connectivity index (χ3v) is 5.82. The average Bonchev–Trinajstić information content (AvgIpc) is 2.82. The molecule has 0 saturated carbocycles. The van der Waals surface area contributed by atoms with Crippen LogP contribution >= 0.6 is 0 Å². The van der Waals surface area contributed by atoms with Crippen LogP contribution in [-0.2, 0) is 5.41 Å². The van der Waals surface area contributed by atoms with E-state index in [0.717, 1.165) is 5.56 Å². The van der Waals surface area contributed by atoms with Crippen molar-refractivity contribution in [1.29, 1.82) is 5.26 Å². The highest BCUT2D eigenvalue weighted by molar-refractivity contribution is 5.91. The molecule has 0 aliphatic carbocycles. The fourth-order valence-corrected chi connectivity index (χ4v) is 3.90. The normalized spacial score (nSPS) is 15.0. The molecule has 0 saturated heterocycles. The van der Waals surface area contributed by atoms with E-state index < -0.39 is 16.8 Å². The molecule has 176 valence electrons. The SMILES string of the molecule is CC(C)(C)c1ccc(C(=O)Oc2ccc3c(c2)OC(N)=C(C#N)C3c2ccc([N+](=O)[O-])cc2)cc1. The maximum Gasteiger partial charge on any atom is 0.343 e. The van der Waals surface area contributed by atoms with Gasteiger partial charge < -0.3 is 15.2 Å². The maximum absolute atomic E-state index is 12.7. The standard InChI is InChI=1S/C27H23N3O5/c1-27(2,3)18-8-4-17(5-9-18)26(31)34-20-12-13-21-23(14-20)35-25(29)22(15-28)24(21)16-6-10-19(11-7-16)30(32)33/h4-14,24H,29H2,1-3H3. The molecule has 35 heavy (non-hydrogen) atoms. The van der Waals surface area contributed by atoms with Gasteiger partial charge >= 0.3 is 5.97 Å². The summed E-state index contributed by atoms with van der Waals surface area (Å²) in [5.74, 6) is -0.597. The molecule has 0 spiro atoms. The molecule has 1 atom stereocenters. The Morgan fingerprint density at radius 1 is 1.09 bits per heavy atom. The maximum atomic E-state index is 12.7. The molecule has 0 aromatic heterocycles. The van der Waals surface area contributed by atoms with Gasteiger partial charge in [0, 0.05) is 23.8 Å². The highest BCUT2D eigenvalue weighted by atomic mass is 16.6. The van der Waals surface area contributed by atoms with Crippen molar-refractivity contribution in [2.45, 2.75) is 32.1 Å². The number of nitro groups is 1. The van der Waals surface area contributed by atoms with Crippen LogP contribution in [0.15, 0.2) is 78.2 Å². The van der Waals surface area contributed by atoms with Gasteiger partial charge in [-0.1, -0.05) is 51.1 Å². The second kappa shape index (κ2) is 8.95. The van der Waals surface area contributed by atoms with Crippen LogP contribution < -0.4 is 15.2 Å². The van der Waals surface area contributed by atoms with Crippen LogP contribution in [0, 0.1) is 21.4 Å². The summed E-state index contributed by atoms with van der Waals surface area (Å²) in [6.45, 7) is 6.28. The number of benzene rings is 3. The van der Waals surface area contributed by atoms with Crippen LogP contribution in [0.5, 0.6) is 11.5 Å². The molecule has 1 unspecified atom stereocenters. The Morgan fingerprint density at radius 3 is 2.31 bits per heavy atom. The Balaban J connectivity index is 1.63. The zero-order chi connectivity index (χ0) is 25.3. The zero-order valence-electron chi connectivity index (χ0n) is 19.4. The van der Waals surface area contributed by atoms with Gasteiger partial charge in [-0.15, -0.1) is 0 Å². The Labute approximate surface area is 202 Å². The van der Waals surface area contributed by atoms with E-state index in [0.29, 0.717) is 22.4 Å². The molecule has 0 radical (unpaired) electrons.